The molecular formula is C14H13Cl2N3O2S. The summed E-state index contributed by atoms with van der Waals surface area (Å²) in [5.74, 6) is 1.91. The van der Waals surface area contributed by atoms with Crippen LogP contribution in [0.5, 0.6) is 0 Å². The fourth-order valence-corrected chi connectivity index (χ4v) is 2.16. The second kappa shape index (κ2) is 8.12. The van der Waals surface area contributed by atoms with E-state index in [9.17, 15) is 4.79 Å². The molecule has 5 nitrogen and oxygen atoms in total. The average molecular weight is 358 g/mol. The van der Waals surface area contributed by atoms with Crippen molar-refractivity contribution in [2.45, 2.75) is 6.92 Å². The first-order valence-corrected chi connectivity index (χ1v) is 8.10. The van der Waals surface area contributed by atoms with Gasteiger partial charge in [0.25, 0.3) is 0 Å². The lowest BCUT2D eigenvalue weighted by Gasteiger charge is -2.00. The van der Waals surface area contributed by atoms with Crippen molar-refractivity contribution < 1.29 is 9.21 Å². The molecule has 0 aliphatic rings. The maximum absolute atomic E-state index is 11.3. The predicted octanol–water partition coefficient (Wildman–Crippen LogP) is 4.55. The van der Waals surface area contributed by atoms with Gasteiger partial charge >= 0.3 is 6.03 Å². The quantitative estimate of drug-likeness (QED) is 0.468. The molecule has 0 atom stereocenters. The van der Waals surface area contributed by atoms with Crippen LogP contribution in [0.25, 0.3) is 11.3 Å². The summed E-state index contributed by atoms with van der Waals surface area (Å²) in [5, 5.41) is 4.73. The van der Waals surface area contributed by atoms with Crippen molar-refractivity contribution >= 4 is 47.4 Å². The first-order valence-electron chi connectivity index (χ1n) is 6.36. The van der Waals surface area contributed by atoms with Crippen LogP contribution < -0.4 is 10.1 Å². The van der Waals surface area contributed by atoms with Gasteiger partial charge in [-0.2, -0.15) is 5.10 Å². The Hall–Kier alpha value is -1.63. The van der Waals surface area contributed by atoms with Crippen molar-refractivity contribution in [3.8, 4) is 11.3 Å². The van der Waals surface area contributed by atoms with Crippen molar-refractivity contribution in [3.05, 3.63) is 46.1 Å². The lowest BCUT2D eigenvalue weighted by atomic mass is 10.2. The Balaban J connectivity index is 1.99. The van der Waals surface area contributed by atoms with Crippen molar-refractivity contribution in [2.24, 2.45) is 5.10 Å². The molecule has 22 heavy (non-hydrogen) atoms. The molecule has 0 aliphatic carbocycles. The third-order valence-corrected chi connectivity index (χ3v) is 3.86. The van der Waals surface area contributed by atoms with Crippen LogP contribution in [0.3, 0.4) is 0 Å². The molecule has 2 rings (SSSR count). The second-order valence-electron chi connectivity index (χ2n) is 4.07. The number of amides is 2. The van der Waals surface area contributed by atoms with Gasteiger partial charge in [0.15, 0.2) is 0 Å². The third-order valence-electron chi connectivity index (χ3n) is 2.50. The first kappa shape index (κ1) is 16.7. The number of benzene rings is 1. The molecule has 0 saturated heterocycles. The highest BCUT2D eigenvalue weighted by molar-refractivity contribution is 7.97. The fraction of sp³-hybridized carbons (Fsp3) is 0.143. The molecule has 2 aromatic rings. The Labute approximate surface area is 142 Å². The Morgan fingerprint density at radius 2 is 2.14 bits per heavy atom. The van der Waals surface area contributed by atoms with Crippen LogP contribution >= 0.6 is 35.1 Å². The van der Waals surface area contributed by atoms with Crippen LogP contribution in [0.15, 0.2) is 39.9 Å². The smallest absolute Gasteiger partial charge is 0.345 e. The number of nitrogens with one attached hydrogen (secondary N) is 2. The number of furan rings is 1. The number of hydrogen-bond acceptors (Lipinski definition) is 4. The normalized spacial score (nSPS) is 10.9. The highest BCUT2D eigenvalue weighted by Crippen LogP contribution is 2.29. The topological polar surface area (TPSA) is 66.6 Å². The lowest BCUT2D eigenvalue weighted by molar-refractivity contribution is 0.247. The summed E-state index contributed by atoms with van der Waals surface area (Å²) >= 11 is 13.1. The van der Waals surface area contributed by atoms with Gasteiger partial charge in [-0.15, -0.1) is 0 Å². The van der Waals surface area contributed by atoms with E-state index in [4.69, 9.17) is 27.6 Å². The van der Waals surface area contributed by atoms with Crippen molar-refractivity contribution in [1.29, 1.82) is 0 Å². The zero-order valence-electron chi connectivity index (χ0n) is 11.6. The van der Waals surface area contributed by atoms with Crippen LogP contribution in [0.2, 0.25) is 10.0 Å². The number of carbonyl (C=O) groups excluding carboxylic acids is 1. The average Bonchev–Trinajstić information content (AvgIpc) is 2.97. The lowest BCUT2D eigenvalue weighted by Crippen LogP contribution is -2.27. The van der Waals surface area contributed by atoms with E-state index >= 15 is 0 Å². The standard InChI is InChI=1S/C14H13Cl2N3O2S/c1-2-22-19-14(20)18-17-8-10-4-6-13(21-10)9-3-5-11(15)12(16)7-9/h3-8H,2H2,1H3,(H2,18,19,20)/b17-8+. The Bertz CT molecular complexity index is 688. The van der Waals surface area contributed by atoms with E-state index < -0.39 is 0 Å². The number of carbonyl (C=O) groups is 1. The number of hydrazone groups is 1. The summed E-state index contributed by atoms with van der Waals surface area (Å²) in [6.07, 6.45) is 1.41. The van der Waals surface area contributed by atoms with Crippen LogP contribution in [0, 0.1) is 0 Å². The van der Waals surface area contributed by atoms with Gasteiger partial charge in [-0.05, 0) is 42.3 Å². The van der Waals surface area contributed by atoms with Gasteiger partial charge in [-0.3, -0.25) is 4.72 Å². The van der Waals surface area contributed by atoms with Crippen molar-refractivity contribution in [3.63, 3.8) is 0 Å². The number of hydrogen-bond donors (Lipinski definition) is 2. The van der Waals surface area contributed by atoms with Gasteiger partial charge in [-0.25, -0.2) is 10.2 Å². The minimum Gasteiger partial charge on any atom is -0.455 e. The maximum Gasteiger partial charge on any atom is 0.345 e. The molecule has 2 amide bonds. The van der Waals surface area contributed by atoms with E-state index in [-0.39, 0.29) is 6.03 Å². The molecule has 0 unspecified atom stereocenters. The molecule has 8 heteroatoms. The molecule has 2 N–H and O–H groups in total. The Morgan fingerprint density at radius 3 is 2.86 bits per heavy atom. The van der Waals surface area contributed by atoms with E-state index in [0.29, 0.717) is 21.6 Å². The van der Waals surface area contributed by atoms with E-state index in [1.54, 1.807) is 24.3 Å². The highest BCUT2D eigenvalue weighted by atomic mass is 35.5. The fourth-order valence-electron chi connectivity index (χ4n) is 1.54. The SMILES string of the molecule is CCSNC(=O)N/N=C/c1ccc(-c2ccc(Cl)c(Cl)c2)o1. The Morgan fingerprint density at radius 1 is 1.32 bits per heavy atom. The maximum atomic E-state index is 11.3. The van der Waals surface area contributed by atoms with Gasteiger partial charge in [0.1, 0.15) is 11.5 Å². The first-order chi connectivity index (χ1) is 10.6. The zero-order chi connectivity index (χ0) is 15.9. The summed E-state index contributed by atoms with van der Waals surface area (Å²) in [5.41, 5.74) is 3.14. The molecule has 0 aliphatic heterocycles. The molecule has 116 valence electrons. The summed E-state index contributed by atoms with van der Waals surface area (Å²) in [6, 6.07) is 8.36. The molecule has 1 aromatic heterocycles. The third kappa shape index (κ3) is 4.69. The van der Waals surface area contributed by atoms with E-state index in [0.717, 1.165) is 11.3 Å². The molecule has 0 saturated carbocycles. The van der Waals surface area contributed by atoms with E-state index in [1.807, 2.05) is 13.0 Å². The summed E-state index contributed by atoms with van der Waals surface area (Å²) in [4.78, 5) is 11.3. The number of rotatable bonds is 5. The zero-order valence-corrected chi connectivity index (χ0v) is 13.9. The van der Waals surface area contributed by atoms with Crippen LogP contribution in [-0.2, 0) is 0 Å². The van der Waals surface area contributed by atoms with Gasteiger partial charge in [0.2, 0.25) is 0 Å². The van der Waals surface area contributed by atoms with Crippen LogP contribution in [0.1, 0.15) is 12.7 Å². The molecular weight excluding hydrogens is 345 g/mol. The predicted molar refractivity (Wildman–Crippen MR) is 91.6 cm³/mol. The number of halogens is 2. The van der Waals surface area contributed by atoms with Gasteiger partial charge < -0.3 is 4.42 Å². The molecule has 1 heterocycles. The minimum absolute atomic E-state index is 0.389. The van der Waals surface area contributed by atoms with Gasteiger partial charge in [-0.1, -0.05) is 30.1 Å². The van der Waals surface area contributed by atoms with Crippen LogP contribution in [0.4, 0.5) is 4.79 Å². The number of nitrogens with zero attached hydrogens (tertiary/aromatic N) is 1. The largest absolute Gasteiger partial charge is 0.455 e. The molecule has 1 aromatic carbocycles. The monoisotopic (exact) mass is 357 g/mol. The van der Waals surface area contributed by atoms with Crippen LogP contribution in [-0.4, -0.2) is 18.0 Å². The number of urea groups is 1. The van der Waals surface area contributed by atoms with Gasteiger partial charge in [0.05, 0.1) is 16.3 Å². The Kier molecular flexibility index (Phi) is 6.18. The van der Waals surface area contributed by atoms with Crippen molar-refractivity contribution in [2.75, 3.05) is 5.75 Å². The van der Waals surface area contributed by atoms with E-state index in [2.05, 4.69) is 15.2 Å². The molecule has 0 spiro atoms. The molecule has 0 radical (unpaired) electrons. The van der Waals surface area contributed by atoms with Crippen molar-refractivity contribution in [1.82, 2.24) is 10.1 Å². The second-order valence-corrected chi connectivity index (χ2v) is 5.95. The van der Waals surface area contributed by atoms with Gasteiger partial charge in [0, 0.05) is 11.3 Å². The summed E-state index contributed by atoms with van der Waals surface area (Å²) in [6.45, 7) is 1.93. The van der Waals surface area contributed by atoms with E-state index in [1.165, 1.54) is 18.2 Å². The highest BCUT2D eigenvalue weighted by Gasteiger charge is 2.06. The molecule has 0 bridgehead atoms. The summed E-state index contributed by atoms with van der Waals surface area (Å²) in [7, 11) is 0. The summed E-state index contributed by atoms with van der Waals surface area (Å²) < 4.78 is 8.16. The molecule has 0 fully saturated rings. The minimum atomic E-state index is -0.389.